The fourth-order valence-electron chi connectivity index (χ4n) is 2.04. The third-order valence-electron chi connectivity index (χ3n) is 2.92. The third kappa shape index (κ3) is 2.64. The Morgan fingerprint density at radius 2 is 2.25 bits per heavy atom. The Kier molecular flexibility index (Phi) is 4.02. The second kappa shape index (κ2) is 5.57. The van der Waals surface area contributed by atoms with E-state index in [0.29, 0.717) is 0 Å². The molecule has 9 heteroatoms. The molecule has 0 radical (unpaired) electrons. The first kappa shape index (κ1) is 14.4. The van der Waals surface area contributed by atoms with Crippen LogP contribution in [0, 0.1) is 0 Å². The Morgan fingerprint density at radius 3 is 2.80 bits per heavy atom. The van der Waals surface area contributed by atoms with Gasteiger partial charge in [0, 0.05) is 19.2 Å². The van der Waals surface area contributed by atoms with Crippen molar-refractivity contribution < 1.29 is 24.5 Å². The van der Waals surface area contributed by atoms with Crippen LogP contribution in [-0.4, -0.2) is 50.7 Å². The summed E-state index contributed by atoms with van der Waals surface area (Å²) in [6.07, 6.45) is -3.41. The second-order valence-electron chi connectivity index (χ2n) is 4.33. The SMILES string of the molecule is CC(=O)OC1C(O)[C@H](CO)O[C@@H]1n1ccc(=O)[nH]c1=O. The van der Waals surface area contributed by atoms with Crippen molar-refractivity contribution in [2.24, 2.45) is 0 Å². The number of nitrogens with zero attached hydrogens (tertiary/aromatic N) is 1. The molecule has 2 rings (SSSR count). The molecule has 0 aromatic carbocycles. The first-order chi connectivity index (χ1) is 9.43. The van der Waals surface area contributed by atoms with Gasteiger partial charge in [-0.25, -0.2) is 4.79 Å². The summed E-state index contributed by atoms with van der Waals surface area (Å²) in [7, 11) is 0. The fourth-order valence-corrected chi connectivity index (χ4v) is 2.04. The molecule has 1 aliphatic heterocycles. The topological polar surface area (TPSA) is 131 Å². The number of rotatable bonds is 3. The van der Waals surface area contributed by atoms with Crippen LogP contribution in [0.4, 0.5) is 0 Å². The van der Waals surface area contributed by atoms with E-state index in [1.54, 1.807) is 0 Å². The molecule has 1 fully saturated rings. The maximum absolute atomic E-state index is 11.7. The van der Waals surface area contributed by atoms with Crippen molar-refractivity contribution >= 4 is 5.97 Å². The molecule has 3 N–H and O–H groups in total. The van der Waals surface area contributed by atoms with Gasteiger partial charge in [-0.05, 0) is 0 Å². The molecule has 1 saturated heterocycles. The molecule has 0 amide bonds. The van der Waals surface area contributed by atoms with E-state index in [0.717, 1.165) is 23.8 Å². The first-order valence-electron chi connectivity index (χ1n) is 5.87. The summed E-state index contributed by atoms with van der Waals surface area (Å²) >= 11 is 0. The summed E-state index contributed by atoms with van der Waals surface area (Å²) in [4.78, 5) is 35.8. The van der Waals surface area contributed by atoms with Crippen LogP contribution in [0.2, 0.25) is 0 Å². The quantitative estimate of drug-likeness (QED) is 0.533. The zero-order valence-electron chi connectivity index (χ0n) is 10.6. The number of carbonyl (C=O) groups is 1. The lowest BCUT2D eigenvalue weighted by Gasteiger charge is -2.21. The zero-order valence-corrected chi connectivity index (χ0v) is 10.6. The molecule has 0 saturated carbocycles. The molecule has 20 heavy (non-hydrogen) atoms. The maximum Gasteiger partial charge on any atom is 0.330 e. The van der Waals surface area contributed by atoms with Gasteiger partial charge in [0.2, 0.25) is 0 Å². The van der Waals surface area contributed by atoms with E-state index in [2.05, 4.69) is 0 Å². The summed E-state index contributed by atoms with van der Waals surface area (Å²) in [6, 6.07) is 1.09. The number of aliphatic hydroxyl groups excluding tert-OH is 2. The van der Waals surface area contributed by atoms with Crippen molar-refractivity contribution in [1.29, 1.82) is 0 Å². The lowest BCUT2D eigenvalue weighted by atomic mass is 10.1. The Hall–Kier alpha value is -1.97. The van der Waals surface area contributed by atoms with Crippen LogP contribution in [0.1, 0.15) is 13.2 Å². The van der Waals surface area contributed by atoms with Crippen LogP contribution >= 0.6 is 0 Å². The van der Waals surface area contributed by atoms with Crippen LogP contribution in [0.15, 0.2) is 21.9 Å². The molecular formula is C11H14N2O7. The average Bonchev–Trinajstić information content (AvgIpc) is 2.66. The van der Waals surface area contributed by atoms with Crippen molar-refractivity contribution in [3.05, 3.63) is 33.1 Å². The van der Waals surface area contributed by atoms with Crippen molar-refractivity contribution in [2.75, 3.05) is 6.61 Å². The fraction of sp³-hybridized carbons (Fsp3) is 0.545. The van der Waals surface area contributed by atoms with Gasteiger partial charge >= 0.3 is 11.7 Å². The van der Waals surface area contributed by atoms with Gasteiger partial charge in [-0.3, -0.25) is 19.1 Å². The summed E-state index contributed by atoms with van der Waals surface area (Å²) in [6.45, 7) is 0.638. The third-order valence-corrected chi connectivity index (χ3v) is 2.92. The van der Waals surface area contributed by atoms with Crippen LogP contribution in [0.5, 0.6) is 0 Å². The highest BCUT2D eigenvalue weighted by molar-refractivity contribution is 5.66. The predicted octanol–water partition coefficient (Wildman–Crippen LogP) is -2.28. The van der Waals surface area contributed by atoms with E-state index >= 15 is 0 Å². The Bertz CT molecular complexity index is 607. The summed E-state index contributed by atoms with van der Waals surface area (Å²) in [5.74, 6) is -0.668. The minimum atomic E-state index is -1.28. The number of esters is 1. The van der Waals surface area contributed by atoms with E-state index in [4.69, 9.17) is 14.6 Å². The van der Waals surface area contributed by atoms with Gasteiger partial charge in [0.15, 0.2) is 12.3 Å². The number of ether oxygens (including phenoxy) is 2. The number of nitrogens with one attached hydrogen (secondary N) is 1. The molecule has 0 aliphatic carbocycles. The largest absolute Gasteiger partial charge is 0.455 e. The molecular weight excluding hydrogens is 272 g/mol. The van der Waals surface area contributed by atoms with E-state index in [-0.39, 0.29) is 0 Å². The van der Waals surface area contributed by atoms with Crippen LogP contribution in [0.25, 0.3) is 0 Å². The van der Waals surface area contributed by atoms with Crippen molar-refractivity contribution in [1.82, 2.24) is 9.55 Å². The summed E-state index contributed by atoms with van der Waals surface area (Å²) in [5.41, 5.74) is -1.36. The molecule has 1 aromatic heterocycles. The minimum Gasteiger partial charge on any atom is -0.455 e. The van der Waals surface area contributed by atoms with Crippen LogP contribution < -0.4 is 11.2 Å². The second-order valence-corrected chi connectivity index (χ2v) is 4.33. The Labute approximate surface area is 112 Å². The normalized spacial score (nSPS) is 29.4. The number of hydrogen-bond donors (Lipinski definition) is 3. The van der Waals surface area contributed by atoms with Gasteiger partial charge in [0.05, 0.1) is 6.61 Å². The lowest BCUT2D eigenvalue weighted by molar-refractivity contribution is -0.156. The van der Waals surface area contributed by atoms with Gasteiger partial charge in [-0.2, -0.15) is 0 Å². The number of carbonyl (C=O) groups excluding carboxylic acids is 1. The molecule has 9 nitrogen and oxygen atoms in total. The number of aromatic nitrogens is 2. The van der Waals surface area contributed by atoms with Crippen LogP contribution in [0.3, 0.4) is 0 Å². The Balaban J connectivity index is 2.39. The van der Waals surface area contributed by atoms with Gasteiger partial charge < -0.3 is 19.7 Å². The molecule has 4 atom stereocenters. The van der Waals surface area contributed by atoms with Gasteiger partial charge in [0.25, 0.3) is 5.56 Å². The summed E-state index contributed by atoms with van der Waals surface area (Å²) in [5, 5.41) is 19.0. The van der Waals surface area contributed by atoms with Gasteiger partial charge in [0.1, 0.15) is 12.2 Å². The predicted molar refractivity (Wildman–Crippen MR) is 63.9 cm³/mol. The van der Waals surface area contributed by atoms with Crippen molar-refractivity contribution in [2.45, 2.75) is 31.5 Å². The van der Waals surface area contributed by atoms with Gasteiger partial charge in [-0.1, -0.05) is 0 Å². The monoisotopic (exact) mass is 286 g/mol. The first-order valence-corrected chi connectivity index (χ1v) is 5.87. The van der Waals surface area contributed by atoms with Gasteiger partial charge in [-0.15, -0.1) is 0 Å². The van der Waals surface area contributed by atoms with Crippen LogP contribution in [-0.2, 0) is 14.3 Å². The highest BCUT2D eigenvalue weighted by Gasteiger charge is 2.47. The van der Waals surface area contributed by atoms with Crippen molar-refractivity contribution in [3.63, 3.8) is 0 Å². The van der Waals surface area contributed by atoms with E-state index < -0.39 is 48.4 Å². The highest BCUT2D eigenvalue weighted by Crippen LogP contribution is 2.30. The Morgan fingerprint density at radius 1 is 1.55 bits per heavy atom. The molecule has 2 heterocycles. The number of aliphatic hydroxyl groups is 2. The van der Waals surface area contributed by atoms with E-state index in [1.807, 2.05) is 4.98 Å². The summed E-state index contributed by atoms with van der Waals surface area (Å²) < 4.78 is 11.2. The molecule has 110 valence electrons. The molecule has 0 spiro atoms. The van der Waals surface area contributed by atoms with E-state index in [9.17, 15) is 19.5 Å². The average molecular weight is 286 g/mol. The molecule has 0 bridgehead atoms. The number of H-pyrrole nitrogens is 1. The number of aromatic amines is 1. The smallest absolute Gasteiger partial charge is 0.330 e. The molecule has 1 aliphatic rings. The minimum absolute atomic E-state index is 0.506. The lowest BCUT2D eigenvalue weighted by Crippen LogP contribution is -2.40. The van der Waals surface area contributed by atoms with E-state index in [1.165, 1.54) is 0 Å². The maximum atomic E-state index is 11.7. The zero-order chi connectivity index (χ0) is 14.9. The molecule has 1 aromatic rings. The van der Waals surface area contributed by atoms with Crippen molar-refractivity contribution in [3.8, 4) is 0 Å². The standard InChI is InChI=1S/C11H14N2O7/c1-5(15)19-9-8(17)6(4-14)20-10(9)13-3-2-7(16)12-11(13)18/h2-3,6,8-10,14,17H,4H2,1H3,(H,12,16,18)/t6-,8?,9?,10-/m0/s1. The molecule has 2 unspecified atom stereocenters. The number of hydrogen-bond acceptors (Lipinski definition) is 7. The highest BCUT2D eigenvalue weighted by atomic mass is 16.6.